The van der Waals surface area contributed by atoms with Gasteiger partial charge in [0, 0.05) is 6.04 Å². The van der Waals surface area contributed by atoms with E-state index in [1.54, 1.807) is 0 Å². The fraction of sp³-hybridized carbons (Fsp3) is 0.500. The Hall–Kier alpha value is -1.37. The summed E-state index contributed by atoms with van der Waals surface area (Å²) in [6.07, 6.45) is 3.33. The van der Waals surface area contributed by atoms with Gasteiger partial charge in [0.2, 0.25) is 0 Å². The molecular formula is C14H17N3. The van der Waals surface area contributed by atoms with Crippen LogP contribution in [0.1, 0.15) is 35.6 Å². The van der Waals surface area contributed by atoms with Gasteiger partial charge in [-0.1, -0.05) is 6.07 Å². The number of hydrogen-bond donors (Lipinski definition) is 2. The Bertz CT molecular complexity index is 481. The van der Waals surface area contributed by atoms with Gasteiger partial charge in [0.25, 0.3) is 0 Å². The molecule has 17 heavy (non-hydrogen) atoms. The molecule has 1 atom stereocenters. The maximum absolute atomic E-state index is 8.95. The largest absolute Gasteiger partial charge is 0.323 e. The van der Waals surface area contributed by atoms with Crippen molar-refractivity contribution in [2.24, 2.45) is 11.1 Å². The lowest BCUT2D eigenvalue weighted by atomic mass is 9.73. The third kappa shape index (κ3) is 1.56. The summed E-state index contributed by atoms with van der Waals surface area (Å²) in [5.74, 6) is 0. The van der Waals surface area contributed by atoms with Gasteiger partial charge in [-0.25, -0.2) is 0 Å². The van der Waals surface area contributed by atoms with Gasteiger partial charge in [-0.15, -0.1) is 0 Å². The maximum Gasteiger partial charge on any atom is 0.0991 e. The number of nitrogens with two attached hydrogens (primary N) is 1. The van der Waals surface area contributed by atoms with Gasteiger partial charge in [0.15, 0.2) is 0 Å². The lowest BCUT2D eigenvalue weighted by Gasteiger charge is -2.37. The second-order valence-electron chi connectivity index (χ2n) is 5.29. The van der Waals surface area contributed by atoms with Crippen LogP contribution >= 0.6 is 0 Å². The minimum absolute atomic E-state index is 0.146. The fourth-order valence-electron chi connectivity index (χ4n) is 3.36. The highest BCUT2D eigenvalue weighted by Crippen LogP contribution is 2.49. The van der Waals surface area contributed by atoms with Crippen LogP contribution < -0.4 is 11.1 Å². The summed E-state index contributed by atoms with van der Waals surface area (Å²) in [7, 11) is 0. The van der Waals surface area contributed by atoms with Crippen LogP contribution in [0.2, 0.25) is 0 Å². The van der Waals surface area contributed by atoms with Crippen LogP contribution in [-0.2, 0) is 6.42 Å². The van der Waals surface area contributed by atoms with Gasteiger partial charge in [-0.05, 0) is 61.0 Å². The molecule has 88 valence electrons. The zero-order valence-electron chi connectivity index (χ0n) is 9.87. The molecule has 1 aliphatic heterocycles. The normalized spacial score (nSPS) is 25.5. The topological polar surface area (TPSA) is 61.8 Å². The lowest BCUT2D eigenvalue weighted by molar-refractivity contribution is 0.174. The van der Waals surface area contributed by atoms with E-state index in [2.05, 4.69) is 17.5 Å². The van der Waals surface area contributed by atoms with Crippen molar-refractivity contribution in [1.82, 2.24) is 5.32 Å². The molecule has 1 saturated heterocycles. The fourth-order valence-corrected chi connectivity index (χ4v) is 3.36. The molecular weight excluding hydrogens is 210 g/mol. The van der Waals surface area contributed by atoms with Crippen molar-refractivity contribution in [2.75, 3.05) is 13.1 Å². The van der Waals surface area contributed by atoms with Crippen molar-refractivity contribution in [1.29, 1.82) is 5.26 Å². The first-order valence-corrected chi connectivity index (χ1v) is 6.24. The molecule has 1 spiro atoms. The Morgan fingerprint density at radius 2 is 2.12 bits per heavy atom. The van der Waals surface area contributed by atoms with Gasteiger partial charge < -0.3 is 11.1 Å². The average Bonchev–Trinajstić information content (AvgIpc) is 2.63. The molecule has 3 N–H and O–H groups in total. The Morgan fingerprint density at radius 3 is 2.82 bits per heavy atom. The van der Waals surface area contributed by atoms with Crippen molar-refractivity contribution < 1.29 is 0 Å². The summed E-state index contributed by atoms with van der Waals surface area (Å²) in [5.41, 5.74) is 9.97. The molecule has 2 aliphatic rings. The van der Waals surface area contributed by atoms with Crippen molar-refractivity contribution in [3.05, 3.63) is 34.9 Å². The first-order valence-electron chi connectivity index (χ1n) is 6.24. The monoisotopic (exact) mass is 227 g/mol. The first-order chi connectivity index (χ1) is 8.25. The molecule has 3 heteroatoms. The van der Waals surface area contributed by atoms with Crippen LogP contribution in [0.25, 0.3) is 0 Å². The van der Waals surface area contributed by atoms with Crippen molar-refractivity contribution in [3.8, 4) is 6.07 Å². The molecule has 1 unspecified atom stereocenters. The molecule has 1 fully saturated rings. The summed E-state index contributed by atoms with van der Waals surface area (Å²) >= 11 is 0. The maximum atomic E-state index is 8.95. The van der Waals surface area contributed by atoms with E-state index in [0.29, 0.717) is 0 Å². The van der Waals surface area contributed by atoms with Gasteiger partial charge >= 0.3 is 0 Å². The predicted octanol–water partition coefficient (Wildman–Crippen LogP) is 1.48. The van der Waals surface area contributed by atoms with E-state index >= 15 is 0 Å². The summed E-state index contributed by atoms with van der Waals surface area (Å²) in [4.78, 5) is 0. The Morgan fingerprint density at radius 1 is 1.35 bits per heavy atom. The molecule has 0 saturated carbocycles. The average molecular weight is 227 g/mol. The first kappa shape index (κ1) is 10.8. The van der Waals surface area contributed by atoms with E-state index < -0.39 is 0 Å². The number of fused-ring (bicyclic) bond motifs is 1. The van der Waals surface area contributed by atoms with E-state index in [4.69, 9.17) is 11.0 Å². The zero-order valence-corrected chi connectivity index (χ0v) is 9.87. The number of nitriles is 1. The molecule has 0 radical (unpaired) electrons. The van der Waals surface area contributed by atoms with Crippen molar-refractivity contribution in [3.63, 3.8) is 0 Å². The molecule has 0 amide bonds. The highest BCUT2D eigenvalue weighted by molar-refractivity contribution is 5.44. The molecule has 1 heterocycles. The third-order valence-corrected chi connectivity index (χ3v) is 4.41. The summed E-state index contributed by atoms with van der Waals surface area (Å²) in [5, 5.41) is 12.3. The van der Waals surface area contributed by atoms with Crippen LogP contribution in [0.15, 0.2) is 18.2 Å². The molecule has 3 rings (SSSR count). The van der Waals surface area contributed by atoms with Crippen LogP contribution in [0.4, 0.5) is 0 Å². The van der Waals surface area contributed by atoms with Crippen LogP contribution in [0, 0.1) is 16.7 Å². The molecule has 3 nitrogen and oxygen atoms in total. The Balaban J connectivity index is 1.99. The molecule has 1 aliphatic carbocycles. The third-order valence-electron chi connectivity index (χ3n) is 4.41. The summed E-state index contributed by atoms with van der Waals surface area (Å²) < 4.78 is 0. The van der Waals surface area contributed by atoms with Gasteiger partial charge in [-0.3, -0.25) is 0 Å². The molecule has 1 aromatic carbocycles. The summed E-state index contributed by atoms with van der Waals surface area (Å²) in [6, 6.07) is 8.31. The van der Waals surface area contributed by atoms with E-state index in [0.717, 1.165) is 37.9 Å². The minimum atomic E-state index is 0.146. The molecule has 0 bridgehead atoms. The quantitative estimate of drug-likeness (QED) is 0.705. The van der Waals surface area contributed by atoms with Gasteiger partial charge in [-0.2, -0.15) is 5.26 Å². The Kier molecular flexibility index (Phi) is 2.43. The van der Waals surface area contributed by atoms with E-state index in [1.165, 1.54) is 11.1 Å². The van der Waals surface area contributed by atoms with Crippen LogP contribution in [0.3, 0.4) is 0 Å². The Labute approximate surface area is 102 Å². The SMILES string of the molecule is N#Cc1ccc2c(c1)CC1(CCNCC1)C2N. The van der Waals surface area contributed by atoms with E-state index in [-0.39, 0.29) is 11.5 Å². The number of nitrogens with one attached hydrogen (secondary N) is 1. The number of benzene rings is 1. The van der Waals surface area contributed by atoms with Crippen molar-refractivity contribution >= 4 is 0 Å². The minimum Gasteiger partial charge on any atom is -0.323 e. The van der Waals surface area contributed by atoms with Gasteiger partial charge in [0.05, 0.1) is 11.6 Å². The molecule has 1 aromatic rings. The summed E-state index contributed by atoms with van der Waals surface area (Å²) in [6.45, 7) is 2.12. The number of hydrogen-bond acceptors (Lipinski definition) is 3. The van der Waals surface area contributed by atoms with Gasteiger partial charge in [0.1, 0.15) is 0 Å². The van der Waals surface area contributed by atoms with E-state index in [9.17, 15) is 0 Å². The van der Waals surface area contributed by atoms with Crippen LogP contribution in [0.5, 0.6) is 0 Å². The highest BCUT2D eigenvalue weighted by atomic mass is 14.9. The van der Waals surface area contributed by atoms with E-state index in [1.807, 2.05) is 12.1 Å². The second-order valence-corrected chi connectivity index (χ2v) is 5.29. The predicted molar refractivity (Wildman–Crippen MR) is 66.3 cm³/mol. The highest BCUT2D eigenvalue weighted by Gasteiger charge is 2.44. The smallest absolute Gasteiger partial charge is 0.0991 e. The second kappa shape index (κ2) is 3.83. The zero-order chi connectivity index (χ0) is 11.9. The van der Waals surface area contributed by atoms with Crippen molar-refractivity contribution in [2.45, 2.75) is 25.3 Å². The number of rotatable bonds is 0. The number of piperidine rings is 1. The standard InChI is InChI=1S/C14H17N3/c15-9-10-1-2-12-11(7-10)8-14(13(12)16)3-5-17-6-4-14/h1-2,7,13,17H,3-6,8,16H2. The van der Waals surface area contributed by atoms with Crippen LogP contribution in [-0.4, -0.2) is 13.1 Å². The number of nitrogens with zero attached hydrogens (tertiary/aromatic N) is 1. The lowest BCUT2D eigenvalue weighted by Crippen LogP contribution is -2.41. The molecule has 0 aromatic heterocycles.